The molecule has 1 unspecified atom stereocenters. The Morgan fingerprint density at radius 2 is 2.30 bits per heavy atom. The van der Waals surface area contributed by atoms with Crippen LogP contribution in [0.5, 0.6) is 0 Å². The Hall–Kier alpha value is -1.59. The molecule has 20 heavy (non-hydrogen) atoms. The summed E-state index contributed by atoms with van der Waals surface area (Å²) >= 11 is 0. The van der Waals surface area contributed by atoms with Gasteiger partial charge in [-0.05, 0) is 18.1 Å². The van der Waals surface area contributed by atoms with Gasteiger partial charge in [-0.15, -0.1) is 0 Å². The average molecular weight is 278 g/mol. The van der Waals surface area contributed by atoms with Crippen LogP contribution in [0.15, 0.2) is 24.3 Å². The molecule has 0 spiro atoms. The number of benzene rings is 1. The van der Waals surface area contributed by atoms with E-state index in [1.54, 1.807) is 7.11 Å². The molecule has 1 fully saturated rings. The molecule has 1 aromatic rings. The molecule has 0 radical (unpaired) electrons. The highest BCUT2D eigenvalue weighted by Crippen LogP contribution is 2.21. The molecule has 1 amide bonds. The molecule has 1 saturated heterocycles. The molecule has 5 heteroatoms. The fourth-order valence-electron chi connectivity index (χ4n) is 2.32. The molecule has 2 rings (SSSR count). The predicted octanol–water partition coefficient (Wildman–Crippen LogP) is 1.12. The number of carbonyl (C=O) groups excluding carboxylic acids is 1. The van der Waals surface area contributed by atoms with Crippen LogP contribution in [0.25, 0.3) is 0 Å². The maximum absolute atomic E-state index is 11.9. The van der Waals surface area contributed by atoms with Gasteiger partial charge >= 0.3 is 0 Å². The average Bonchev–Trinajstić information content (AvgIpc) is 2.94. The molecule has 1 aromatic carbocycles. The number of hydrogen-bond acceptors (Lipinski definition) is 4. The van der Waals surface area contributed by atoms with Crippen molar-refractivity contribution in [2.75, 3.05) is 32.6 Å². The topological polar surface area (TPSA) is 73.6 Å². The molecule has 0 saturated carbocycles. The number of methoxy groups -OCH3 is 1. The van der Waals surface area contributed by atoms with Crippen LogP contribution in [-0.4, -0.2) is 38.4 Å². The summed E-state index contributed by atoms with van der Waals surface area (Å²) in [5.41, 5.74) is 7.24. The van der Waals surface area contributed by atoms with E-state index >= 15 is 0 Å². The molecule has 110 valence electrons. The van der Waals surface area contributed by atoms with Gasteiger partial charge in [0.2, 0.25) is 5.91 Å². The maximum Gasteiger partial charge on any atom is 0.220 e. The third-order valence-corrected chi connectivity index (χ3v) is 3.78. The Morgan fingerprint density at radius 1 is 1.50 bits per heavy atom. The number of nitrogens with one attached hydrogen (secondary N) is 1. The largest absolute Gasteiger partial charge is 0.399 e. The van der Waals surface area contributed by atoms with Gasteiger partial charge in [0.15, 0.2) is 0 Å². The van der Waals surface area contributed by atoms with Crippen molar-refractivity contribution in [2.45, 2.75) is 24.9 Å². The highest BCUT2D eigenvalue weighted by atomic mass is 16.5. The lowest BCUT2D eigenvalue weighted by atomic mass is 10.0. The van der Waals surface area contributed by atoms with Gasteiger partial charge in [-0.3, -0.25) is 4.79 Å². The summed E-state index contributed by atoms with van der Waals surface area (Å²) in [6.07, 6.45) is 1.89. The highest BCUT2D eigenvalue weighted by molar-refractivity contribution is 5.76. The third kappa shape index (κ3) is 3.71. The van der Waals surface area contributed by atoms with Gasteiger partial charge in [0.1, 0.15) is 5.60 Å². The number of rotatable bonds is 6. The van der Waals surface area contributed by atoms with E-state index in [2.05, 4.69) is 5.32 Å². The normalized spacial score (nSPS) is 21.9. The lowest BCUT2D eigenvalue weighted by Crippen LogP contribution is -2.45. The van der Waals surface area contributed by atoms with Crippen molar-refractivity contribution < 1.29 is 14.3 Å². The van der Waals surface area contributed by atoms with Crippen LogP contribution in [0, 0.1) is 0 Å². The first-order chi connectivity index (χ1) is 9.65. The van der Waals surface area contributed by atoms with Crippen molar-refractivity contribution in [1.29, 1.82) is 0 Å². The Kier molecular flexibility index (Phi) is 4.98. The van der Waals surface area contributed by atoms with Gasteiger partial charge in [-0.1, -0.05) is 18.2 Å². The monoisotopic (exact) mass is 278 g/mol. The van der Waals surface area contributed by atoms with Gasteiger partial charge in [0, 0.05) is 38.8 Å². The van der Waals surface area contributed by atoms with E-state index in [0.29, 0.717) is 32.6 Å². The summed E-state index contributed by atoms with van der Waals surface area (Å²) in [5.74, 6) is 0.0107. The van der Waals surface area contributed by atoms with E-state index in [4.69, 9.17) is 15.2 Å². The number of anilines is 1. The van der Waals surface area contributed by atoms with Gasteiger partial charge in [-0.2, -0.15) is 0 Å². The van der Waals surface area contributed by atoms with E-state index in [1.807, 2.05) is 24.3 Å². The van der Waals surface area contributed by atoms with Crippen LogP contribution >= 0.6 is 0 Å². The first-order valence-electron chi connectivity index (χ1n) is 6.88. The fraction of sp³-hybridized carbons (Fsp3) is 0.533. The molecule has 1 aliphatic rings. The number of carbonyl (C=O) groups is 1. The van der Waals surface area contributed by atoms with Crippen molar-refractivity contribution in [3.63, 3.8) is 0 Å². The lowest BCUT2D eigenvalue weighted by Gasteiger charge is -2.25. The SMILES string of the molecule is COC1(CNC(=O)CCc2ccccc2N)CCOC1. The summed E-state index contributed by atoms with van der Waals surface area (Å²) in [6, 6.07) is 7.62. The minimum Gasteiger partial charge on any atom is -0.399 e. The molecule has 0 bridgehead atoms. The summed E-state index contributed by atoms with van der Waals surface area (Å²) in [4.78, 5) is 11.9. The summed E-state index contributed by atoms with van der Waals surface area (Å²) < 4.78 is 10.8. The molecule has 0 aliphatic carbocycles. The van der Waals surface area contributed by atoms with Crippen molar-refractivity contribution in [3.8, 4) is 0 Å². The predicted molar refractivity (Wildman–Crippen MR) is 77.4 cm³/mol. The van der Waals surface area contributed by atoms with Gasteiger partial charge < -0.3 is 20.5 Å². The zero-order valence-electron chi connectivity index (χ0n) is 11.9. The number of nitrogen functional groups attached to an aromatic ring is 1. The number of ether oxygens (including phenoxy) is 2. The summed E-state index contributed by atoms with van der Waals surface area (Å²) in [7, 11) is 1.66. The van der Waals surface area contributed by atoms with E-state index in [1.165, 1.54) is 0 Å². The standard InChI is InChI=1S/C15H22N2O3/c1-19-15(8-9-20-11-15)10-17-14(18)7-6-12-4-2-3-5-13(12)16/h2-5H,6-11,16H2,1H3,(H,17,18). The van der Waals surface area contributed by atoms with Crippen LogP contribution in [0.2, 0.25) is 0 Å². The van der Waals surface area contributed by atoms with Crippen molar-refractivity contribution in [2.24, 2.45) is 0 Å². The van der Waals surface area contributed by atoms with Crippen molar-refractivity contribution in [3.05, 3.63) is 29.8 Å². The quantitative estimate of drug-likeness (QED) is 0.765. The molecule has 5 nitrogen and oxygen atoms in total. The van der Waals surface area contributed by atoms with E-state index < -0.39 is 0 Å². The maximum atomic E-state index is 11.9. The van der Waals surface area contributed by atoms with E-state index in [-0.39, 0.29) is 11.5 Å². The van der Waals surface area contributed by atoms with E-state index in [9.17, 15) is 4.79 Å². The Balaban J connectivity index is 1.77. The number of para-hydroxylation sites is 1. The van der Waals surface area contributed by atoms with E-state index in [0.717, 1.165) is 17.7 Å². The summed E-state index contributed by atoms with van der Waals surface area (Å²) in [6.45, 7) is 1.71. The van der Waals surface area contributed by atoms with Gasteiger partial charge in [0.05, 0.1) is 6.61 Å². The Labute approximate surface area is 119 Å². The number of aryl methyl sites for hydroxylation is 1. The minimum atomic E-state index is -0.360. The lowest BCUT2D eigenvalue weighted by molar-refractivity contribution is -0.122. The second-order valence-corrected chi connectivity index (χ2v) is 5.17. The van der Waals surface area contributed by atoms with Crippen LogP contribution in [0.1, 0.15) is 18.4 Å². The summed E-state index contributed by atoms with van der Waals surface area (Å²) in [5, 5.41) is 2.92. The smallest absolute Gasteiger partial charge is 0.220 e. The minimum absolute atomic E-state index is 0.0107. The second kappa shape index (κ2) is 6.72. The van der Waals surface area contributed by atoms with Crippen molar-refractivity contribution >= 4 is 11.6 Å². The van der Waals surface area contributed by atoms with Crippen LogP contribution in [0.3, 0.4) is 0 Å². The number of nitrogens with two attached hydrogens (primary N) is 1. The zero-order valence-corrected chi connectivity index (χ0v) is 11.9. The van der Waals surface area contributed by atoms with Crippen molar-refractivity contribution in [1.82, 2.24) is 5.32 Å². The van der Waals surface area contributed by atoms with Gasteiger partial charge in [0.25, 0.3) is 0 Å². The highest BCUT2D eigenvalue weighted by Gasteiger charge is 2.35. The molecular weight excluding hydrogens is 256 g/mol. The Morgan fingerprint density at radius 3 is 2.95 bits per heavy atom. The van der Waals surface area contributed by atoms with Crippen LogP contribution < -0.4 is 11.1 Å². The second-order valence-electron chi connectivity index (χ2n) is 5.17. The first kappa shape index (κ1) is 14.8. The zero-order chi connectivity index (χ0) is 14.4. The third-order valence-electron chi connectivity index (χ3n) is 3.78. The molecule has 1 heterocycles. The molecule has 0 aromatic heterocycles. The number of amides is 1. The molecular formula is C15H22N2O3. The Bertz CT molecular complexity index is 456. The van der Waals surface area contributed by atoms with Crippen LogP contribution in [-0.2, 0) is 20.7 Å². The molecule has 1 aliphatic heterocycles. The van der Waals surface area contributed by atoms with Gasteiger partial charge in [-0.25, -0.2) is 0 Å². The first-order valence-corrected chi connectivity index (χ1v) is 6.88. The molecule has 3 N–H and O–H groups in total. The van der Waals surface area contributed by atoms with Crippen LogP contribution in [0.4, 0.5) is 5.69 Å². The molecule has 1 atom stereocenters. The number of hydrogen-bond donors (Lipinski definition) is 2. The fourth-order valence-corrected chi connectivity index (χ4v) is 2.32.